The number of nitrogens with zero attached hydrogens (tertiary/aromatic N) is 2. The third-order valence-corrected chi connectivity index (χ3v) is 7.43. The van der Waals surface area contributed by atoms with Crippen molar-refractivity contribution in [3.8, 4) is 11.5 Å². The lowest BCUT2D eigenvalue weighted by molar-refractivity contribution is -0.121. The molecule has 222 valence electrons. The number of hydrogen-bond acceptors (Lipinski definition) is 6. The van der Waals surface area contributed by atoms with Gasteiger partial charge in [-0.15, -0.1) is 0 Å². The van der Waals surface area contributed by atoms with E-state index in [1.54, 1.807) is 72.8 Å². The minimum atomic E-state index is -0.781. The third-order valence-electron chi connectivity index (χ3n) is 6.84. The first-order chi connectivity index (χ1) is 21.2. The molecule has 0 aromatic heterocycles. The van der Waals surface area contributed by atoms with Crippen molar-refractivity contribution in [2.45, 2.75) is 13.8 Å². The molecule has 4 aromatic carbocycles. The molecule has 0 aliphatic carbocycles. The van der Waals surface area contributed by atoms with Gasteiger partial charge in [0.1, 0.15) is 5.57 Å². The van der Waals surface area contributed by atoms with E-state index in [4.69, 9.17) is 9.47 Å². The molecule has 0 saturated carbocycles. The number of hydrogen-bond donors (Lipinski definition) is 1. The molecule has 1 fully saturated rings. The number of aryl methyl sites for hydroxylation is 2. The number of anilines is 3. The quantitative estimate of drug-likeness (QED) is 0.168. The van der Waals surface area contributed by atoms with Gasteiger partial charge in [0.05, 0.1) is 23.0 Å². The van der Waals surface area contributed by atoms with E-state index < -0.39 is 17.8 Å². The third kappa shape index (κ3) is 6.25. The Morgan fingerprint density at radius 1 is 0.841 bits per heavy atom. The highest BCUT2D eigenvalue weighted by Gasteiger charge is 2.43. The number of amides is 5. The maximum Gasteiger partial charge on any atom is 0.343 e. The Hall–Kier alpha value is -5.22. The van der Waals surface area contributed by atoms with Gasteiger partial charge in [-0.05, 0) is 89.4 Å². The molecular formula is C34H28BrN3O6. The SMILES string of the molecule is COc1cc(C=C2C(=O)N(c3ccccc3)C(=O)N(c3ccccc3)C2=O)cc(Br)c1OCC(=O)Nc1ccc(C)cc1C. The van der Waals surface area contributed by atoms with Crippen LogP contribution < -0.4 is 24.6 Å². The van der Waals surface area contributed by atoms with Gasteiger partial charge in [-0.3, -0.25) is 14.4 Å². The van der Waals surface area contributed by atoms with Crippen molar-refractivity contribution < 1.29 is 28.7 Å². The fourth-order valence-corrected chi connectivity index (χ4v) is 5.32. The predicted molar refractivity (Wildman–Crippen MR) is 172 cm³/mol. The second-order valence-electron chi connectivity index (χ2n) is 9.98. The molecule has 44 heavy (non-hydrogen) atoms. The lowest BCUT2D eigenvalue weighted by atomic mass is 10.0. The molecule has 5 rings (SSSR count). The van der Waals surface area contributed by atoms with Gasteiger partial charge in [0, 0.05) is 5.69 Å². The Labute approximate surface area is 262 Å². The van der Waals surface area contributed by atoms with Crippen molar-refractivity contribution in [2.75, 3.05) is 28.8 Å². The predicted octanol–water partition coefficient (Wildman–Crippen LogP) is 6.68. The van der Waals surface area contributed by atoms with Crippen LogP contribution in [-0.2, 0) is 14.4 Å². The molecule has 1 N–H and O–H groups in total. The summed E-state index contributed by atoms with van der Waals surface area (Å²) in [7, 11) is 1.44. The number of imide groups is 2. The summed E-state index contributed by atoms with van der Waals surface area (Å²) in [6.07, 6.45) is 1.40. The molecule has 1 heterocycles. The van der Waals surface area contributed by atoms with E-state index in [1.165, 1.54) is 13.2 Å². The Morgan fingerprint density at radius 2 is 1.43 bits per heavy atom. The monoisotopic (exact) mass is 653 g/mol. The number of benzene rings is 4. The number of barbiturate groups is 1. The van der Waals surface area contributed by atoms with Crippen LogP contribution in [0.1, 0.15) is 16.7 Å². The maximum absolute atomic E-state index is 13.7. The smallest absolute Gasteiger partial charge is 0.343 e. The zero-order valence-corrected chi connectivity index (χ0v) is 25.8. The topological polar surface area (TPSA) is 105 Å². The van der Waals surface area contributed by atoms with E-state index in [0.717, 1.165) is 20.9 Å². The summed E-state index contributed by atoms with van der Waals surface area (Å²) in [6.45, 7) is 3.59. The first-order valence-electron chi connectivity index (χ1n) is 13.6. The van der Waals surface area contributed by atoms with Gasteiger partial charge in [0.2, 0.25) is 0 Å². The number of methoxy groups -OCH3 is 1. The van der Waals surface area contributed by atoms with E-state index in [-0.39, 0.29) is 29.6 Å². The number of rotatable bonds is 8. The zero-order chi connectivity index (χ0) is 31.4. The van der Waals surface area contributed by atoms with Crippen LogP contribution in [0, 0.1) is 13.8 Å². The largest absolute Gasteiger partial charge is 0.493 e. The lowest BCUT2D eigenvalue weighted by Crippen LogP contribution is -2.57. The molecule has 0 spiro atoms. The average molecular weight is 655 g/mol. The van der Waals surface area contributed by atoms with Gasteiger partial charge in [-0.2, -0.15) is 0 Å². The van der Waals surface area contributed by atoms with Gasteiger partial charge in [0.15, 0.2) is 18.1 Å². The molecule has 4 aromatic rings. The molecule has 1 aliphatic heterocycles. The summed E-state index contributed by atoms with van der Waals surface area (Å²) >= 11 is 3.47. The van der Waals surface area contributed by atoms with Crippen LogP contribution in [0.15, 0.2) is 101 Å². The molecule has 0 radical (unpaired) electrons. The van der Waals surface area contributed by atoms with Gasteiger partial charge in [-0.1, -0.05) is 54.1 Å². The highest BCUT2D eigenvalue weighted by atomic mass is 79.9. The molecule has 10 heteroatoms. The molecular weight excluding hydrogens is 626 g/mol. The van der Waals surface area contributed by atoms with E-state index in [9.17, 15) is 19.2 Å². The Morgan fingerprint density at radius 3 is 1.98 bits per heavy atom. The van der Waals surface area contributed by atoms with E-state index >= 15 is 0 Å². The van der Waals surface area contributed by atoms with Crippen molar-refractivity contribution >= 4 is 62.8 Å². The number of urea groups is 1. The summed E-state index contributed by atoms with van der Waals surface area (Å²) in [4.78, 5) is 55.5. The number of carbonyl (C=O) groups excluding carboxylic acids is 4. The second kappa shape index (κ2) is 13.0. The molecule has 5 amide bonds. The number of halogens is 1. The summed E-state index contributed by atoms with van der Waals surface area (Å²) in [5.41, 5.74) is 3.54. The average Bonchev–Trinajstić information content (AvgIpc) is 3.01. The molecule has 9 nitrogen and oxygen atoms in total. The highest BCUT2D eigenvalue weighted by molar-refractivity contribution is 9.10. The van der Waals surface area contributed by atoms with Gasteiger partial charge >= 0.3 is 6.03 Å². The van der Waals surface area contributed by atoms with Crippen LogP contribution in [-0.4, -0.2) is 37.5 Å². The Kier molecular flexibility index (Phi) is 8.91. The van der Waals surface area contributed by atoms with Crippen molar-refractivity contribution in [3.63, 3.8) is 0 Å². The van der Waals surface area contributed by atoms with Crippen molar-refractivity contribution in [3.05, 3.63) is 118 Å². The summed E-state index contributed by atoms with van der Waals surface area (Å²) in [5, 5.41) is 2.84. The molecule has 0 unspecified atom stereocenters. The minimum Gasteiger partial charge on any atom is -0.493 e. The highest BCUT2D eigenvalue weighted by Crippen LogP contribution is 2.38. The number of carbonyl (C=O) groups is 4. The van der Waals surface area contributed by atoms with Crippen LogP contribution in [0.4, 0.5) is 21.9 Å². The van der Waals surface area contributed by atoms with Crippen molar-refractivity contribution in [1.82, 2.24) is 0 Å². The van der Waals surface area contributed by atoms with Crippen molar-refractivity contribution in [2.24, 2.45) is 0 Å². The summed E-state index contributed by atoms with van der Waals surface area (Å²) in [6, 6.07) is 24.9. The van der Waals surface area contributed by atoms with Gasteiger partial charge < -0.3 is 14.8 Å². The van der Waals surface area contributed by atoms with E-state index in [1.807, 2.05) is 32.0 Å². The van der Waals surface area contributed by atoms with Gasteiger partial charge in [-0.25, -0.2) is 14.6 Å². The van der Waals surface area contributed by atoms with Gasteiger partial charge in [0.25, 0.3) is 17.7 Å². The maximum atomic E-state index is 13.7. The second-order valence-corrected chi connectivity index (χ2v) is 10.8. The van der Waals surface area contributed by atoms with E-state index in [0.29, 0.717) is 27.1 Å². The first-order valence-corrected chi connectivity index (χ1v) is 14.4. The lowest BCUT2D eigenvalue weighted by Gasteiger charge is -2.34. The molecule has 0 atom stereocenters. The molecule has 1 aliphatic rings. The fourth-order valence-electron chi connectivity index (χ4n) is 4.75. The number of para-hydroxylation sites is 2. The van der Waals surface area contributed by atoms with E-state index in [2.05, 4.69) is 21.2 Å². The normalized spacial score (nSPS) is 13.2. The standard InChI is InChI=1S/C34H28BrN3O6/c1-21-14-15-28(22(2)16-21)36-30(39)20-44-31-27(35)18-23(19-29(31)43-3)17-26-32(40)37(24-10-6-4-7-11-24)34(42)38(33(26)41)25-12-8-5-9-13-25/h4-19H,20H2,1-3H3,(H,36,39). The Bertz CT molecular complexity index is 1730. The van der Waals surface area contributed by atoms with Crippen LogP contribution >= 0.6 is 15.9 Å². The zero-order valence-electron chi connectivity index (χ0n) is 24.2. The van der Waals surface area contributed by atoms with Crippen LogP contribution in [0.5, 0.6) is 11.5 Å². The van der Waals surface area contributed by atoms with Crippen LogP contribution in [0.3, 0.4) is 0 Å². The first kappa shape index (κ1) is 30.2. The van der Waals surface area contributed by atoms with Crippen LogP contribution in [0.2, 0.25) is 0 Å². The number of ether oxygens (including phenoxy) is 2. The van der Waals surface area contributed by atoms with Crippen molar-refractivity contribution in [1.29, 1.82) is 0 Å². The summed E-state index contributed by atoms with van der Waals surface area (Å²) in [5.74, 6) is -1.37. The Balaban J connectivity index is 1.45. The minimum absolute atomic E-state index is 0.229. The summed E-state index contributed by atoms with van der Waals surface area (Å²) < 4.78 is 11.8. The fraction of sp³-hybridized carbons (Fsp3) is 0.118. The molecule has 0 bridgehead atoms. The van der Waals surface area contributed by atoms with Crippen LogP contribution in [0.25, 0.3) is 6.08 Å². The molecule has 1 saturated heterocycles. The number of nitrogens with one attached hydrogen (secondary N) is 1.